The van der Waals surface area contributed by atoms with Gasteiger partial charge in [0.2, 0.25) is 0 Å². The lowest BCUT2D eigenvalue weighted by Gasteiger charge is -2.18. The average molecular weight is 968 g/mol. The van der Waals surface area contributed by atoms with Crippen LogP contribution in [-0.2, 0) is 28.6 Å². The van der Waals surface area contributed by atoms with Crippen LogP contribution in [0.4, 0.5) is 0 Å². The van der Waals surface area contributed by atoms with Gasteiger partial charge in [0.05, 0.1) is 0 Å². The molecule has 1 atom stereocenters. The summed E-state index contributed by atoms with van der Waals surface area (Å²) >= 11 is 0. The minimum Gasteiger partial charge on any atom is -0.462 e. The standard InChI is InChI=1S/C63H114O6/c1-4-7-10-13-16-19-22-24-26-28-30-32-34-35-37-39-41-44-47-50-53-56-62(65)68-59-60(58-67-61(64)55-52-49-46-43-21-18-15-12-9-6-3)69-63(66)57-54-51-48-45-42-40-38-36-33-31-29-27-25-23-20-17-14-11-8-5-2/h7,10,16,19,24,26,30,32,60H,4-6,8-9,11-15,17-18,20-23,25,27-29,31,33-59H2,1-3H3/b10-7-,19-16-,26-24-,32-30-. The fourth-order valence-electron chi connectivity index (χ4n) is 8.85. The second-order valence-electron chi connectivity index (χ2n) is 20.2. The van der Waals surface area contributed by atoms with E-state index in [4.69, 9.17) is 14.2 Å². The van der Waals surface area contributed by atoms with Gasteiger partial charge >= 0.3 is 17.9 Å². The molecule has 0 aromatic heterocycles. The van der Waals surface area contributed by atoms with Gasteiger partial charge < -0.3 is 14.2 Å². The Bertz CT molecular complexity index is 1200. The van der Waals surface area contributed by atoms with Crippen molar-refractivity contribution in [3.8, 4) is 0 Å². The summed E-state index contributed by atoms with van der Waals surface area (Å²) in [6.45, 7) is 6.55. The molecule has 0 aliphatic heterocycles. The minimum atomic E-state index is -0.772. The molecule has 1 unspecified atom stereocenters. The van der Waals surface area contributed by atoms with Crippen LogP contribution in [-0.4, -0.2) is 37.2 Å². The molecule has 0 amide bonds. The first kappa shape index (κ1) is 66.4. The van der Waals surface area contributed by atoms with Crippen molar-refractivity contribution < 1.29 is 28.6 Å². The number of unbranched alkanes of at least 4 members (excludes halogenated alkanes) is 36. The molecule has 6 heteroatoms. The zero-order valence-corrected chi connectivity index (χ0v) is 46.1. The molecule has 0 spiro atoms. The number of ether oxygens (including phenoxy) is 3. The smallest absolute Gasteiger partial charge is 0.306 e. The fraction of sp³-hybridized carbons (Fsp3) is 0.825. The third-order valence-electron chi connectivity index (χ3n) is 13.3. The molecule has 0 aliphatic rings. The highest BCUT2D eigenvalue weighted by Gasteiger charge is 2.19. The van der Waals surface area contributed by atoms with Gasteiger partial charge in [0.15, 0.2) is 6.10 Å². The molecule has 402 valence electrons. The van der Waals surface area contributed by atoms with Gasteiger partial charge in [-0.25, -0.2) is 0 Å². The molecule has 0 fully saturated rings. The maximum Gasteiger partial charge on any atom is 0.306 e. The van der Waals surface area contributed by atoms with Crippen LogP contribution in [0, 0.1) is 0 Å². The van der Waals surface area contributed by atoms with Gasteiger partial charge in [0.1, 0.15) is 13.2 Å². The van der Waals surface area contributed by atoms with Crippen LogP contribution in [0.5, 0.6) is 0 Å². The molecule has 69 heavy (non-hydrogen) atoms. The minimum absolute atomic E-state index is 0.0711. The van der Waals surface area contributed by atoms with E-state index in [2.05, 4.69) is 69.4 Å². The Kier molecular flexibility index (Phi) is 55.7. The van der Waals surface area contributed by atoms with Crippen molar-refractivity contribution >= 4 is 17.9 Å². The van der Waals surface area contributed by atoms with E-state index in [0.29, 0.717) is 19.3 Å². The summed E-state index contributed by atoms with van der Waals surface area (Å²) in [6, 6.07) is 0. The first-order chi connectivity index (χ1) is 34.0. The van der Waals surface area contributed by atoms with Gasteiger partial charge in [0, 0.05) is 19.3 Å². The van der Waals surface area contributed by atoms with E-state index in [1.807, 2.05) is 0 Å². The zero-order valence-electron chi connectivity index (χ0n) is 46.1. The number of esters is 3. The molecule has 0 aromatic carbocycles. The quantitative estimate of drug-likeness (QED) is 0.0262. The topological polar surface area (TPSA) is 78.9 Å². The van der Waals surface area contributed by atoms with E-state index in [-0.39, 0.29) is 31.1 Å². The third kappa shape index (κ3) is 56.2. The molecule has 0 rings (SSSR count). The van der Waals surface area contributed by atoms with Crippen LogP contribution in [0.2, 0.25) is 0 Å². The lowest BCUT2D eigenvalue weighted by molar-refractivity contribution is -0.167. The first-order valence-electron chi connectivity index (χ1n) is 30.1. The molecule has 0 aromatic rings. The van der Waals surface area contributed by atoms with Crippen LogP contribution < -0.4 is 0 Å². The number of hydrogen-bond donors (Lipinski definition) is 0. The second kappa shape index (κ2) is 57.9. The molecule has 0 N–H and O–H groups in total. The largest absolute Gasteiger partial charge is 0.462 e. The van der Waals surface area contributed by atoms with Crippen molar-refractivity contribution in [1.29, 1.82) is 0 Å². The number of hydrogen-bond acceptors (Lipinski definition) is 6. The Labute approximate surface area is 428 Å². The Balaban J connectivity index is 4.26. The van der Waals surface area contributed by atoms with Crippen molar-refractivity contribution in [3.63, 3.8) is 0 Å². The van der Waals surface area contributed by atoms with Gasteiger partial charge in [0.25, 0.3) is 0 Å². The van der Waals surface area contributed by atoms with Crippen LogP contribution >= 0.6 is 0 Å². The summed E-state index contributed by atoms with van der Waals surface area (Å²) in [4.78, 5) is 38.1. The van der Waals surface area contributed by atoms with Crippen LogP contribution in [0.15, 0.2) is 48.6 Å². The lowest BCUT2D eigenvalue weighted by atomic mass is 10.0. The van der Waals surface area contributed by atoms with Gasteiger partial charge in [-0.15, -0.1) is 0 Å². The van der Waals surface area contributed by atoms with Crippen LogP contribution in [0.25, 0.3) is 0 Å². The molecule has 0 saturated carbocycles. The highest BCUT2D eigenvalue weighted by atomic mass is 16.6. The van der Waals surface area contributed by atoms with Gasteiger partial charge in [-0.1, -0.05) is 288 Å². The van der Waals surface area contributed by atoms with E-state index in [1.165, 1.54) is 186 Å². The Hall–Kier alpha value is -2.63. The van der Waals surface area contributed by atoms with E-state index in [1.54, 1.807) is 0 Å². The average Bonchev–Trinajstić information content (AvgIpc) is 3.35. The Morgan fingerprint density at radius 3 is 0.884 bits per heavy atom. The third-order valence-corrected chi connectivity index (χ3v) is 13.3. The van der Waals surface area contributed by atoms with Gasteiger partial charge in [-0.3, -0.25) is 14.4 Å². The lowest BCUT2D eigenvalue weighted by Crippen LogP contribution is -2.30. The fourth-order valence-corrected chi connectivity index (χ4v) is 8.85. The van der Waals surface area contributed by atoms with Crippen molar-refractivity contribution in [2.24, 2.45) is 0 Å². The maximum atomic E-state index is 12.9. The highest BCUT2D eigenvalue weighted by molar-refractivity contribution is 5.71. The second-order valence-corrected chi connectivity index (χ2v) is 20.2. The molecule has 0 radical (unpaired) electrons. The molecule has 0 saturated heterocycles. The van der Waals surface area contributed by atoms with Crippen LogP contribution in [0.3, 0.4) is 0 Å². The molecular weight excluding hydrogens is 853 g/mol. The molecular formula is C63H114O6. The molecule has 0 bridgehead atoms. The predicted molar refractivity (Wildman–Crippen MR) is 298 cm³/mol. The Morgan fingerprint density at radius 2 is 0.565 bits per heavy atom. The van der Waals surface area contributed by atoms with Crippen LogP contribution in [0.1, 0.15) is 316 Å². The monoisotopic (exact) mass is 967 g/mol. The number of rotatable bonds is 55. The van der Waals surface area contributed by atoms with Gasteiger partial charge in [-0.2, -0.15) is 0 Å². The maximum absolute atomic E-state index is 12.9. The zero-order chi connectivity index (χ0) is 50.0. The summed E-state index contributed by atoms with van der Waals surface area (Å²) in [6.07, 6.45) is 71.1. The normalized spacial score (nSPS) is 12.3. The van der Waals surface area contributed by atoms with Crippen molar-refractivity contribution in [2.75, 3.05) is 13.2 Å². The van der Waals surface area contributed by atoms with Crippen molar-refractivity contribution in [1.82, 2.24) is 0 Å². The number of carbonyl (C=O) groups excluding carboxylic acids is 3. The van der Waals surface area contributed by atoms with E-state index in [0.717, 1.165) is 89.9 Å². The summed E-state index contributed by atoms with van der Waals surface area (Å²) in [5.41, 5.74) is 0. The van der Waals surface area contributed by atoms with E-state index in [9.17, 15) is 14.4 Å². The predicted octanol–water partition coefficient (Wildman–Crippen LogP) is 20.2. The number of carbonyl (C=O) groups is 3. The molecule has 6 nitrogen and oxygen atoms in total. The van der Waals surface area contributed by atoms with Gasteiger partial charge in [-0.05, 0) is 57.8 Å². The summed E-state index contributed by atoms with van der Waals surface area (Å²) in [5.74, 6) is -0.863. The SMILES string of the molecule is CC/C=C\C/C=C\C/C=C\C/C=C\CCCCCCCCCCC(=O)OCC(COC(=O)CCCCCCCCCCCC)OC(=O)CCCCCCCCCCCCCCCCCCCCCC. The Morgan fingerprint density at radius 1 is 0.304 bits per heavy atom. The molecule has 0 aliphatic carbocycles. The first-order valence-corrected chi connectivity index (χ1v) is 30.1. The summed E-state index contributed by atoms with van der Waals surface area (Å²) in [5, 5.41) is 0. The summed E-state index contributed by atoms with van der Waals surface area (Å²) < 4.78 is 16.9. The summed E-state index contributed by atoms with van der Waals surface area (Å²) in [7, 11) is 0. The molecule has 0 heterocycles. The van der Waals surface area contributed by atoms with E-state index < -0.39 is 6.10 Å². The van der Waals surface area contributed by atoms with Crippen molar-refractivity contribution in [3.05, 3.63) is 48.6 Å². The number of allylic oxidation sites excluding steroid dienone is 8. The highest BCUT2D eigenvalue weighted by Crippen LogP contribution is 2.17. The van der Waals surface area contributed by atoms with E-state index >= 15 is 0 Å². The van der Waals surface area contributed by atoms with Crippen molar-refractivity contribution in [2.45, 2.75) is 322 Å².